The van der Waals surface area contributed by atoms with Crippen LogP contribution in [0.2, 0.25) is 0 Å². The minimum absolute atomic E-state index is 0.339. The van der Waals surface area contributed by atoms with Crippen LogP contribution in [0.15, 0.2) is 12.3 Å². The fraction of sp³-hybridized carbons (Fsp3) is 0.571. The molecule has 0 aromatic carbocycles. The van der Waals surface area contributed by atoms with E-state index < -0.39 is 0 Å². The van der Waals surface area contributed by atoms with Crippen LogP contribution in [-0.4, -0.2) is 55.2 Å². The first kappa shape index (κ1) is 14.6. The molecule has 2 N–H and O–H groups in total. The first-order chi connectivity index (χ1) is 9.52. The van der Waals surface area contributed by atoms with E-state index in [1.165, 1.54) is 0 Å². The number of aromatic nitrogens is 1. The summed E-state index contributed by atoms with van der Waals surface area (Å²) < 4.78 is 5.09. The fourth-order valence-electron chi connectivity index (χ4n) is 2.33. The summed E-state index contributed by atoms with van der Waals surface area (Å²) in [6, 6.07) is 2.06. The highest BCUT2D eigenvalue weighted by atomic mass is 16.5. The number of nitrogens with two attached hydrogens (primary N) is 1. The van der Waals surface area contributed by atoms with Gasteiger partial charge in [0.1, 0.15) is 11.4 Å². The van der Waals surface area contributed by atoms with Crippen molar-refractivity contribution in [2.75, 3.05) is 43.9 Å². The Bertz CT molecular complexity index is 492. The van der Waals surface area contributed by atoms with Crippen LogP contribution in [0.4, 0.5) is 11.5 Å². The van der Waals surface area contributed by atoms with E-state index in [4.69, 9.17) is 10.5 Å². The number of esters is 1. The first-order valence-electron chi connectivity index (χ1n) is 6.90. The molecule has 2 rings (SSSR count). The van der Waals surface area contributed by atoms with Crippen LogP contribution in [0.5, 0.6) is 0 Å². The van der Waals surface area contributed by atoms with Crippen molar-refractivity contribution < 1.29 is 9.53 Å². The molecule has 2 heterocycles. The SMILES string of the molecule is CCOC(=O)c1cc(N)cnc1N1CCN(C)C(C)C1. The number of hydrogen-bond acceptors (Lipinski definition) is 6. The molecule has 6 heteroatoms. The first-order valence-corrected chi connectivity index (χ1v) is 6.90. The molecular formula is C14H22N4O2. The molecule has 0 bridgehead atoms. The van der Waals surface area contributed by atoms with Crippen LogP contribution in [-0.2, 0) is 4.74 Å². The topological polar surface area (TPSA) is 71.7 Å². The predicted molar refractivity (Wildman–Crippen MR) is 78.9 cm³/mol. The average molecular weight is 278 g/mol. The maximum Gasteiger partial charge on any atom is 0.341 e. The number of nitrogens with zero attached hydrogens (tertiary/aromatic N) is 3. The summed E-state index contributed by atoms with van der Waals surface area (Å²) in [6.45, 7) is 6.90. The third-order valence-electron chi connectivity index (χ3n) is 3.64. The Kier molecular flexibility index (Phi) is 4.44. The van der Waals surface area contributed by atoms with Crippen LogP contribution >= 0.6 is 0 Å². The van der Waals surface area contributed by atoms with Crippen LogP contribution in [0.25, 0.3) is 0 Å². The van der Waals surface area contributed by atoms with Crippen molar-refractivity contribution in [2.45, 2.75) is 19.9 Å². The average Bonchev–Trinajstić information content (AvgIpc) is 2.42. The number of pyridine rings is 1. The molecule has 1 aliphatic heterocycles. The highest BCUT2D eigenvalue weighted by molar-refractivity contribution is 5.95. The van der Waals surface area contributed by atoms with Crippen molar-refractivity contribution in [3.8, 4) is 0 Å². The molecule has 1 aliphatic rings. The lowest BCUT2D eigenvalue weighted by Gasteiger charge is -2.38. The van der Waals surface area contributed by atoms with Gasteiger partial charge in [-0.15, -0.1) is 0 Å². The molecule has 0 radical (unpaired) electrons. The van der Waals surface area contributed by atoms with E-state index in [-0.39, 0.29) is 5.97 Å². The highest BCUT2D eigenvalue weighted by Crippen LogP contribution is 2.23. The molecule has 110 valence electrons. The second-order valence-corrected chi connectivity index (χ2v) is 5.14. The number of piperazine rings is 1. The summed E-state index contributed by atoms with van der Waals surface area (Å²) in [6.07, 6.45) is 1.58. The summed E-state index contributed by atoms with van der Waals surface area (Å²) in [5.74, 6) is 0.298. The quantitative estimate of drug-likeness (QED) is 0.831. The Morgan fingerprint density at radius 3 is 2.95 bits per heavy atom. The lowest BCUT2D eigenvalue weighted by atomic mass is 10.1. The Morgan fingerprint density at radius 2 is 2.30 bits per heavy atom. The van der Waals surface area contributed by atoms with E-state index >= 15 is 0 Å². The van der Waals surface area contributed by atoms with Gasteiger partial charge in [0.25, 0.3) is 0 Å². The normalized spacial score (nSPS) is 19.9. The molecule has 0 aliphatic carbocycles. The number of nitrogen functional groups attached to an aromatic ring is 1. The van der Waals surface area contributed by atoms with Crippen molar-refractivity contribution in [2.24, 2.45) is 0 Å². The van der Waals surface area contributed by atoms with Gasteiger partial charge in [0.2, 0.25) is 0 Å². The van der Waals surface area contributed by atoms with Gasteiger partial charge in [0.15, 0.2) is 0 Å². The van der Waals surface area contributed by atoms with E-state index in [0.717, 1.165) is 19.6 Å². The summed E-state index contributed by atoms with van der Waals surface area (Å²) in [7, 11) is 2.10. The summed E-state index contributed by atoms with van der Waals surface area (Å²) in [5, 5.41) is 0. The molecule has 1 unspecified atom stereocenters. The van der Waals surface area contributed by atoms with Gasteiger partial charge in [0, 0.05) is 25.7 Å². The van der Waals surface area contributed by atoms with Gasteiger partial charge in [-0.05, 0) is 27.0 Å². The maximum absolute atomic E-state index is 12.1. The summed E-state index contributed by atoms with van der Waals surface area (Å²) in [4.78, 5) is 20.8. The van der Waals surface area contributed by atoms with E-state index in [2.05, 4.69) is 28.8 Å². The molecule has 0 amide bonds. The van der Waals surface area contributed by atoms with E-state index in [0.29, 0.717) is 29.7 Å². The van der Waals surface area contributed by atoms with E-state index in [1.807, 2.05) is 0 Å². The Hall–Kier alpha value is -1.82. The van der Waals surface area contributed by atoms with Crippen LogP contribution in [0.1, 0.15) is 24.2 Å². The van der Waals surface area contributed by atoms with Crippen molar-refractivity contribution in [1.29, 1.82) is 0 Å². The predicted octanol–water partition coefficient (Wildman–Crippen LogP) is 0.981. The molecule has 1 aromatic rings. The second kappa shape index (κ2) is 6.09. The standard InChI is InChI=1S/C14H22N4O2/c1-4-20-14(19)12-7-11(15)8-16-13(12)18-6-5-17(3)10(2)9-18/h7-8,10H,4-6,9,15H2,1-3H3. The zero-order chi connectivity index (χ0) is 14.7. The fourth-order valence-corrected chi connectivity index (χ4v) is 2.33. The molecule has 0 spiro atoms. The number of carbonyl (C=O) groups is 1. The number of hydrogen-bond donors (Lipinski definition) is 1. The van der Waals surface area contributed by atoms with Gasteiger partial charge in [-0.25, -0.2) is 9.78 Å². The third kappa shape index (κ3) is 3.01. The monoisotopic (exact) mass is 278 g/mol. The largest absolute Gasteiger partial charge is 0.462 e. The van der Waals surface area contributed by atoms with Crippen LogP contribution in [0, 0.1) is 0 Å². The molecule has 1 saturated heterocycles. The second-order valence-electron chi connectivity index (χ2n) is 5.14. The maximum atomic E-state index is 12.1. The van der Waals surface area contributed by atoms with Gasteiger partial charge in [-0.2, -0.15) is 0 Å². The Morgan fingerprint density at radius 1 is 1.55 bits per heavy atom. The Balaban J connectivity index is 2.29. The number of likely N-dealkylation sites (N-methyl/N-ethyl adjacent to an activating group) is 1. The lowest BCUT2D eigenvalue weighted by molar-refractivity contribution is 0.0526. The molecule has 1 aromatic heterocycles. The number of anilines is 2. The molecule has 1 fully saturated rings. The van der Waals surface area contributed by atoms with Crippen LogP contribution in [0.3, 0.4) is 0 Å². The highest BCUT2D eigenvalue weighted by Gasteiger charge is 2.25. The molecule has 20 heavy (non-hydrogen) atoms. The smallest absolute Gasteiger partial charge is 0.341 e. The van der Waals surface area contributed by atoms with Crippen molar-refractivity contribution in [3.05, 3.63) is 17.8 Å². The zero-order valence-corrected chi connectivity index (χ0v) is 12.3. The summed E-state index contributed by atoms with van der Waals surface area (Å²) in [5.41, 5.74) is 6.66. The van der Waals surface area contributed by atoms with Gasteiger partial charge in [-0.3, -0.25) is 0 Å². The molecule has 0 saturated carbocycles. The van der Waals surface area contributed by atoms with Gasteiger partial charge in [0.05, 0.1) is 18.5 Å². The van der Waals surface area contributed by atoms with Crippen molar-refractivity contribution in [1.82, 2.24) is 9.88 Å². The molecular weight excluding hydrogens is 256 g/mol. The minimum atomic E-state index is -0.367. The van der Waals surface area contributed by atoms with Gasteiger partial charge < -0.3 is 20.3 Å². The van der Waals surface area contributed by atoms with Crippen molar-refractivity contribution >= 4 is 17.5 Å². The number of rotatable bonds is 3. The lowest BCUT2D eigenvalue weighted by Crippen LogP contribution is -2.50. The zero-order valence-electron chi connectivity index (χ0n) is 12.3. The van der Waals surface area contributed by atoms with Gasteiger partial charge >= 0.3 is 5.97 Å². The third-order valence-corrected chi connectivity index (χ3v) is 3.64. The molecule has 6 nitrogen and oxygen atoms in total. The summed E-state index contributed by atoms with van der Waals surface area (Å²) >= 11 is 0. The number of ether oxygens (including phenoxy) is 1. The number of carbonyl (C=O) groups excluding carboxylic acids is 1. The van der Waals surface area contributed by atoms with Gasteiger partial charge in [-0.1, -0.05) is 0 Å². The van der Waals surface area contributed by atoms with Crippen LogP contribution < -0.4 is 10.6 Å². The Labute approximate surface area is 119 Å². The van der Waals surface area contributed by atoms with E-state index in [1.54, 1.807) is 19.2 Å². The van der Waals surface area contributed by atoms with Crippen molar-refractivity contribution in [3.63, 3.8) is 0 Å². The van der Waals surface area contributed by atoms with E-state index in [9.17, 15) is 4.79 Å². The molecule has 1 atom stereocenters. The minimum Gasteiger partial charge on any atom is -0.462 e.